The molecular formula is C33H28N3O2Pt-. The molecule has 0 aliphatic heterocycles. The first-order chi connectivity index (χ1) is 18.6. The molecule has 1 saturated carbocycles. The van der Waals surface area contributed by atoms with Gasteiger partial charge >= 0.3 is 0 Å². The molecule has 0 saturated heterocycles. The summed E-state index contributed by atoms with van der Waals surface area (Å²) in [5.41, 5.74) is 6.15. The van der Waals surface area contributed by atoms with E-state index < -0.39 is 0 Å². The van der Waals surface area contributed by atoms with Crippen molar-refractivity contribution in [3.63, 3.8) is 0 Å². The Bertz CT molecular complexity index is 1840. The second kappa shape index (κ2) is 10.1. The number of aryl methyl sites for hydroxylation is 2. The zero-order valence-corrected chi connectivity index (χ0v) is 24.1. The summed E-state index contributed by atoms with van der Waals surface area (Å²) < 4.78 is 8.41. The number of aromatic nitrogens is 3. The van der Waals surface area contributed by atoms with Crippen molar-refractivity contribution in [2.45, 2.75) is 45.4 Å². The Morgan fingerprint density at radius 2 is 1.77 bits per heavy atom. The van der Waals surface area contributed by atoms with E-state index >= 15 is 0 Å². The molecule has 3 aromatic heterocycles. The number of rotatable bonds is 4. The molecule has 0 spiro atoms. The van der Waals surface area contributed by atoms with Crippen LogP contribution in [0.5, 0.6) is 17.4 Å². The van der Waals surface area contributed by atoms with Crippen LogP contribution >= 0.6 is 0 Å². The molecule has 0 radical (unpaired) electrons. The molecule has 3 heterocycles. The van der Waals surface area contributed by atoms with Gasteiger partial charge in [0.25, 0.3) is 0 Å². The molecule has 1 aliphatic carbocycles. The summed E-state index contributed by atoms with van der Waals surface area (Å²) in [5.74, 6) is 2.57. The predicted molar refractivity (Wildman–Crippen MR) is 152 cm³/mol. The number of hydrogen-bond donors (Lipinski definition) is 1. The van der Waals surface area contributed by atoms with E-state index in [1.54, 1.807) is 6.07 Å². The van der Waals surface area contributed by atoms with Crippen LogP contribution in [0, 0.1) is 19.9 Å². The SMILES string of the molecule is Cc1cc(O)c2nc(Oc3[c-]c4c(cc3)c3c(C5CCCC5)cccc3n4-c3ccccn3)ccc2c1C.[Pt]. The van der Waals surface area contributed by atoms with Crippen LogP contribution in [-0.4, -0.2) is 19.6 Å². The third-order valence-corrected chi connectivity index (χ3v) is 8.06. The molecule has 7 rings (SSSR count). The second-order valence-electron chi connectivity index (χ2n) is 10.3. The largest absolute Gasteiger partial charge is 0.506 e. The number of fused-ring (bicyclic) bond motifs is 4. The van der Waals surface area contributed by atoms with Gasteiger partial charge in [-0.2, -0.15) is 6.07 Å². The van der Waals surface area contributed by atoms with E-state index in [2.05, 4.69) is 44.9 Å². The van der Waals surface area contributed by atoms with Gasteiger partial charge in [0.1, 0.15) is 17.1 Å². The summed E-state index contributed by atoms with van der Waals surface area (Å²) in [4.78, 5) is 9.31. The molecule has 3 aromatic carbocycles. The fourth-order valence-corrected chi connectivity index (χ4v) is 6.06. The van der Waals surface area contributed by atoms with Crippen LogP contribution in [0.3, 0.4) is 0 Å². The molecule has 6 heteroatoms. The van der Waals surface area contributed by atoms with Crippen molar-refractivity contribution in [3.8, 4) is 23.2 Å². The molecule has 39 heavy (non-hydrogen) atoms. The Morgan fingerprint density at radius 3 is 2.56 bits per heavy atom. The van der Waals surface area contributed by atoms with Gasteiger partial charge < -0.3 is 14.4 Å². The molecule has 0 bridgehead atoms. The molecule has 0 amide bonds. The normalized spacial score (nSPS) is 13.8. The van der Waals surface area contributed by atoms with Gasteiger partial charge in [0.2, 0.25) is 5.88 Å². The van der Waals surface area contributed by atoms with Crippen LogP contribution in [0.4, 0.5) is 0 Å². The van der Waals surface area contributed by atoms with Gasteiger partial charge in [0.05, 0.1) is 0 Å². The van der Waals surface area contributed by atoms with E-state index in [4.69, 9.17) is 4.74 Å². The van der Waals surface area contributed by atoms with Crippen LogP contribution in [0.25, 0.3) is 38.5 Å². The van der Waals surface area contributed by atoms with Crippen LogP contribution in [0.2, 0.25) is 0 Å². The van der Waals surface area contributed by atoms with Crippen molar-refractivity contribution in [1.82, 2.24) is 14.5 Å². The van der Waals surface area contributed by atoms with Crippen molar-refractivity contribution in [2.75, 3.05) is 0 Å². The number of ether oxygens (including phenoxy) is 1. The molecule has 0 unspecified atom stereocenters. The maximum Gasteiger partial charge on any atom is 0.217 e. The summed E-state index contributed by atoms with van der Waals surface area (Å²) in [6, 6.07) is 25.8. The standard InChI is InChI=1S/C33H28N3O2.Pt/c1-20-18-29(37)33-24(21(20)2)15-16-31(35-33)38-23-13-14-26-28(19-23)36(30-12-5-6-17-34-30)27-11-7-10-25(32(26)27)22-8-3-4-9-22;/h5-7,10-18,22,37H,3-4,8-9H2,1-2H3;/q-1;. The zero-order valence-electron chi connectivity index (χ0n) is 21.8. The summed E-state index contributed by atoms with van der Waals surface area (Å²) in [6.45, 7) is 4.03. The number of nitrogens with zero attached hydrogens (tertiary/aromatic N) is 3. The molecule has 6 aromatic rings. The fourth-order valence-electron chi connectivity index (χ4n) is 6.06. The average molecular weight is 694 g/mol. The third kappa shape index (κ3) is 4.30. The number of phenols is 1. The van der Waals surface area contributed by atoms with Gasteiger partial charge in [0, 0.05) is 50.0 Å². The first kappa shape index (κ1) is 25.6. The van der Waals surface area contributed by atoms with Crippen molar-refractivity contribution >= 4 is 32.7 Å². The van der Waals surface area contributed by atoms with Gasteiger partial charge in [-0.3, -0.25) is 0 Å². The number of pyridine rings is 2. The molecule has 0 atom stereocenters. The summed E-state index contributed by atoms with van der Waals surface area (Å²) >= 11 is 0. The van der Waals surface area contributed by atoms with Gasteiger partial charge in [-0.1, -0.05) is 36.6 Å². The minimum absolute atomic E-state index is 0. The monoisotopic (exact) mass is 693 g/mol. The zero-order chi connectivity index (χ0) is 25.8. The number of phenolic OH excluding ortho intramolecular Hbond substituents is 1. The summed E-state index contributed by atoms with van der Waals surface area (Å²) in [7, 11) is 0. The van der Waals surface area contributed by atoms with Gasteiger partial charge in [-0.25, -0.2) is 9.97 Å². The second-order valence-corrected chi connectivity index (χ2v) is 10.3. The van der Waals surface area contributed by atoms with Crippen LogP contribution in [-0.2, 0) is 21.1 Å². The minimum Gasteiger partial charge on any atom is -0.506 e. The van der Waals surface area contributed by atoms with Crippen LogP contribution in [0.15, 0.2) is 72.9 Å². The van der Waals surface area contributed by atoms with Crippen molar-refractivity contribution in [3.05, 3.63) is 95.7 Å². The maximum absolute atomic E-state index is 10.5. The Labute approximate surface area is 241 Å². The minimum atomic E-state index is 0. The smallest absolute Gasteiger partial charge is 0.217 e. The third-order valence-electron chi connectivity index (χ3n) is 8.06. The maximum atomic E-state index is 10.5. The first-order valence-electron chi connectivity index (χ1n) is 13.3. The Kier molecular flexibility index (Phi) is 6.64. The van der Waals surface area contributed by atoms with Crippen LogP contribution < -0.4 is 4.74 Å². The molecule has 198 valence electrons. The quantitative estimate of drug-likeness (QED) is 0.189. The molecule has 1 fully saturated rings. The van der Waals surface area contributed by atoms with Crippen molar-refractivity contribution in [1.29, 1.82) is 0 Å². The topological polar surface area (TPSA) is 60.2 Å². The molecule has 1 N–H and O–H groups in total. The number of aromatic hydroxyl groups is 1. The summed E-state index contributed by atoms with van der Waals surface area (Å²) in [5, 5.41) is 13.9. The van der Waals surface area contributed by atoms with Gasteiger partial charge in [-0.15, -0.1) is 17.5 Å². The molecule has 1 aliphatic rings. The Hall–Kier alpha value is -3.69. The van der Waals surface area contributed by atoms with E-state index in [1.807, 2.05) is 56.4 Å². The molecular weight excluding hydrogens is 665 g/mol. The number of hydrogen-bond acceptors (Lipinski definition) is 4. The van der Waals surface area contributed by atoms with E-state index in [0.29, 0.717) is 23.1 Å². The average Bonchev–Trinajstić information content (AvgIpc) is 3.59. The van der Waals surface area contributed by atoms with E-state index in [1.165, 1.54) is 36.6 Å². The van der Waals surface area contributed by atoms with Crippen molar-refractivity contribution < 1.29 is 30.9 Å². The van der Waals surface area contributed by atoms with Gasteiger partial charge in [0.15, 0.2) is 0 Å². The van der Waals surface area contributed by atoms with Crippen LogP contribution in [0.1, 0.15) is 48.3 Å². The van der Waals surface area contributed by atoms with Gasteiger partial charge in [-0.05, 0) is 85.0 Å². The number of benzene rings is 3. The predicted octanol–water partition coefficient (Wildman–Crippen LogP) is 8.30. The summed E-state index contributed by atoms with van der Waals surface area (Å²) in [6.07, 6.45) is 6.87. The Balaban J connectivity index is 0.00000277. The first-order valence-corrected chi connectivity index (χ1v) is 13.3. The fraction of sp³-hybridized carbons (Fsp3) is 0.212. The van der Waals surface area contributed by atoms with E-state index in [-0.39, 0.29) is 26.8 Å². The van der Waals surface area contributed by atoms with E-state index in [0.717, 1.165) is 38.8 Å². The van der Waals surface area contributed by atoms with E-state index in [9.17, 15) is 5.11 Å². The molecule has 5 nitrogen and oxygen atoms in total. The Morgan fingerprint density at radius 1 is 0.949 bits per heavy atom. The van der Waals surface area contributed by atoms with Crippen molar-refractivity contribution in [2.24, 2.45) is 0 Å².